The maximum atomic E-state index is 12.1. The van der Waals surface area contributed by atoms with Crippen LogP contribution in [0, 0.1) is 0 Å². The summed E-state index contributed by atoms with van der Waals surface area (Å²) in [5.41, 5.74) is 0.222. The number of carboxylic acid groups (broad SMARTS) is 1. The number of anilines is 1. The molecule has 14 heteroatoms. The zero-order chi connectivity index (χ0) is 21.3. The highest BCUT2D eigenvalue weighted by atomic mass is 16.6. The minimum absolute atomic E-state index is 0.0827. The Labute approximate surface area is 162 Å². The van der Waals surface area contributed by atoms with Gasteiger partial charge in [-0.2, -0.15) is 0 Å². The normalized spacial score (nSPS) is 26.2. The molecule has 2 aromatic rings. The second kappa shape index (κ2) is 8.22. The van der Waals surface area contributed by atoms with Gasteiger partial charge in [0, 0.05) is 0 Å². The van der Waals surface area contributed by atoms with Crippen LogP contribution in [0.15, 0.2) is 12.7 Å². The SMILES string of the molecule is C[C@@H](O)[C@H](NC(=O)Nc1ncnc2c1ncn2[C@@H]1O[C@H](CO)[C@@H](O)[C@H]1O)C(=O)[O-]. The van der Waals surface area contributed by atoms with Crippen LogP contribution in [0.25, 0.3) is 11.2 Å². The third-order valence-corrected chi connectivity index (χ3v) is 4.40. The van der Waals surface area contributed by atoms with E-state index in [2.05, 4.69) is 20.3 Å². The van der Waals surface area contributed by atoms with Crippen molar-refractivity contribution < 1.29 is 39.9 Å². The van der Waals surface area contributed by atoms with Crippen LogP contribution in [0.1, 0.15) is 13.2 Å². The average molecular weight is 411 g/mol. The van der Waals surface area contributed by atoms with Crippen molar-refractivity contribution in [2.75, 3.05) is 11.9 Å². The van der Waals surface area contributed by atoms with Crippen molar-refractivity contribution in [3.05, 3.63) is 12.7 Å². The maximum Gasteiger partial charge on any atom is 0.321 e. The Morgan fingerprint density at radius 3 is 2.62 bits per heavy atom. The third-order valence-electron chi connectivity index (χ3n) is 4.40. The van der Waals surface area contributed by atoms with Gasteiger partial charge in [-0.1, -0.05) is 0 Å². The molecule has 0 radical (unpaired) electrons. The quantitative estimate of drug-likeness (QED) is 0.270. The molecule has 0 saturated carbocycles. The summed E-state index contributed by atoms with van der Waals surface area (Å²) in [4.78, 5) is 35.0. The van der Waals surface area contributed by atoms with Gasteiger partial charge in [-0.05, 0) is 6.92 Å². The van der Waals surface area contributed by atoms with E-state index in [-0.39, 0.29) is 17.0 Å². The molecule has 2 aromatic heterocycles. The van der Waals surface area contributed by atoms with Crippen LogP contribution in [-0.2, 0) is 9.53 Å². The fraction of sp³-hybridized carbons (Fsp3) is 0.533. The molecule has 1 aliphatic heterocycles. The van der Waals surface area contributed by atoms with Gasteiger partial charge in [0.05, 0.1) is 31.0 Å². The minimum atomic E-state index is -1.67. The van der Waals surface area contributed by atoms with Crippen molar-refractivity contribution in [1.82, 2.24) is 24.8 Å². The number of aliphatic hydroxyl groups is 4. The second-order valence-electron chi connectivity index (χ2n) is 6.41. The smallest absolute Gasteiger partial charge is 0.321 e. The predicted octanol–water partition coefficient (Wildman–Crippen LogP) is -3.94. The number of rotatable bonds is 6. The molecule has 1 saturated heterocycles. The largest absolute Gasteiger partial charge is 0.548 e. The van der Waals surface area contributed by atoms with Crippen LogP contribution in [0.5, 0.6) is 0 Å². The molecule has 0 aromatic carbocycles. The predicted molar refractivity (Wildman–Crippen MR) is 91.0 cm³/mol. The van der Waals surface area contributed by atoms with Gasteiger partial charge in [0.1, 0.15) is 24.6 Å². The number of ether oxygens (including phenoxy) is 1. The molecule has 158 valence electrons. The Hall–Kier alpha value is -2.91. The van der Waals surface area contributed by atoms with Crippen molar-refractivity contribution in [1.29, 1.82) is 0 Å². The summed E-state index contributed by atoms with van der Waals surface area (Å²) >= 11 is 0. The minimum Gasteiger partial charge on any atom is -0.548 e. The van der Waals surface area contributed by atoms with Crippen LogP contribution in [0.4, 0.5) is 10.6 Å². The van der Waals surface area contributed by atoms with Gasteiger partial charge in [0.2, 0.25) is 0 Å². The van der Waals surface area contributed by atoms with Crippen LogP contribution >= 0.6 is 0 Å². The Morgan fingerprint density at radius 2 is 2.03 bits per heavy atom. The zero-order valence-electron chi connectivity index (χ0n) is 15.0. The summed E-state index contributed by atoms with van der Waals surface area (Å²) in [6.45, 7) is 0.665. The van der Waals surface area contributed by atoms with E-state index in [1.807, 2.05) is 5.32 Å². The van der Waals surface area contributed by atoms with E-state index in [9.17, 15) is 35.1 Å². The lowest BCUT2D eigenvalue weighted by molar-refractivity contribution is -0.310. The second-order valence-corrected chi connectivity index (χ2v) is 6.41. The molecular weight excluding hydrogens is 392 g/mol. The van der Waals surface area contributed by atoms with Crippen molar-refractivity contribution in [2.45, 2.75) is 43.6 Å². The van der Waals surface area contributed by atoms with E-state index in [1.165, 1.54) is 17.8 Å². The average Bonchev–Trinajstić information content (AvgIpc) is 3.21. The fourth-order valence-corrected chi connectivity index (χ4v) is 2.90. The van der Waals surface area contributed by atoms with Gasteiger partial charge < -0.3 is 40.4 Å². The summed E-state index contributed by atoms with van der Waals surface area (Å²) in [6, 6.07) is -2.63. The fourth-order valence-electron chi connectivity index (χ4n) is 2.90. The molecule has 6 N–H and O–H groups in total. The molecule has 0 spiro atoms. The summed E-state index contributed by atoms with van der Waals surface area (Å²) in [7, 11) is 0. The number of aliphatic carboxylic acids is 1. The molecule has 0 aliphatic carbocycles. The van der Waals surface area contributed by atoms with Gasteiger partial charge in [0.15, 0.2) is 23.2 Å². The first-order valence-corrected chi connectivity index (χ1v) is 8.51. The Morgan fingerprint density at radius 1 is 1.31 bits per heavy atom. The van der Waals surface area contributed by atoms with Crippen LogP contribution in [-0.4, -0.2) is 89.0 Å². The number of carbonyl (C=O) groups excluding carboxylic acids is 2. The Kier molecular flexibility index (Phi) is 5.90. The first kappa shape index (κ1) is 20.8. The molecule has 3 rings (SSSR count). The number of imidazole rings is 1. The molecule has 1 aliphatic rings. The molecule has 14 nitrogen and oxygen atoms in total. The number of hydrogen-bond donors (Lipinski definition) is 6. The number of nitrogens with one attached hydrogen (secondary N) is 2. The Balaban J connectivity index is 1.83. The van der Waals surface area contributed by atoms with Crippen molar-refractivity contribution in [3.8, 4) is 0 Å². The molecule has 3 heterocycles. The molecule has 1 fully saturated rings. The number of aliphatic hydroxyl groups excluding tert-OH is 4. The number of amides is 2. The van der Waals surface area contributed by atoms with Gasteiger partial charge in [-0.25, -0.2) is 19.7 Å². The number of hydrogen-bond acceptors (Lipinski definition) is 11. The first-order chi connectivity index (χ1) is 13.7. The standard InChI is InChI=1S/C15H20N6O8/c1-5(23)7(14(26)27)19-15(28)20-11-8-12(17-3-16-11)21(4-18-8)13-10(25)9(24)6(2-22)29-13/h3-7,9-10,13,22-25H,2H2,1H3,(H,26,27)(H2,16,17,19,20,28)/p-1/t5-,6-,7+,9-,10-,13-/m1/s1. The number of urea groups is 1. The van der Waals surface area contributed by atoms with Crippen molar-refractivity contribution >= 4 is 29.0 Å². The van der Waals surface area contributed by atoms with Crippen LogP contribution in [0.3, 0.4) is 0 Å². The topological polar surface area (TPSA) is 215 Å². The summed E-state index contributed by atoms with van der Waals surface area (Å²) in [6.07, 6.45) is -3.86. The van der Waals surface area contributed by atoms with Gasteiger partial charge in [0.25, 0.3) is 0 Å². The maximum absolute atomic E-state index is 12.1. The molecular formula is C15H19N6O8-. The van der Waals surface area contributed by atoms with Gasteiger partial charge in [-0.15, -0.1) is 0 Å². The highest BCUT2D eigenvalue weighted by Gasteiger charge is 2.44. The van der Waals surface area contributed by atoms with Crippen molar-refractivity contribution in [3.63, 3.8) is 0 Å². The summed E-state index contributed by atoms with van der Waals surface area (Å²) in [5, 5.41) is 54.0. The monoisotopic (exact) mass is 411 g/mol. The first-order valence-electron chi connectivity index (χ1n) is 8.51. The van der Waals surface area contributed by atoms with E-state index >= 15 is 0 Å². The Bertz CT molecular complexity index is 904. The van der Waals surface area contributed by atoms with E-state index in [0.717, 1.165) is 6.33 Å². The van der Waals surface area contributed by atoms with E-state index in [0.29, 0.717) is 0 Å². The highest BCUT2D eigenvalue weighted by Crippen LogP contribution is 2.32. The van der Waals surface area contributed by atoms with Crippen molar-refractivity contribution in [2.24, 2.45) is 0 Å². The third kappa shape index (κ3) is 3.96. The number of carbonyl (C=O) groups is 2. The molecule has 29 heavy (non-hydrogen) atoms. The lowest BCUT2D eigenvalue weighted by Crippen LogP contribution is -2.54. The molecule has 0 bridgehead atoms. The lowest BCUT2D eigenvalue weighted by Gasteiger charge is -2.22. The summed E-state index contributed by atoms with van der Waals surface area (Å²) < 4.78 is 6.72. The molecule has 2 amide bonds. The van der Waals surface area contributed by atoms with Gasteiger partial charge in [-0.3, -0.25) is 9.88 Å². The van der Waals surface area contributed by atoms with Crippen LogP contribution in [0.2, 0.25) is 0 Å². The highest BCUT2D eigenvalue weighted by molar-refractivity contribution is 5.97. The van der Waals surface area contributed by atoms with Crippen LogP contribution < -0.4 is 15.7 Å². The van der Waals surface area contributed by atoms with E-state index in [4.69, 9.17) is 4.74 Å². The molecule has 0 unspecified atom stereocenters. The van der Waals surface area contributed by atoms with E-state index < -0.39 is 55.3 Å². The number of aromatic nitrogens is 4. The lowest BCUT2D eigenvalue weighted by atomic mass is 10.1. The summed E-state index contributed by atoms with van der Waals surface area (Å²) in [5.74, 6) is -1.75. The molecule has 6 atom stereocenters. The number of nitrogens with zero attached hydrogens (tertiary/aromatic N) is 4. The van der Waals surface area contributed by atoms with Gasteiger partial charge >= 0.3 is 6.03 Å². The van der Waals surface area contributed by atoms with E-state index in [1.54, 1.807) is 0 Å². The number of carboxylic acids is 1. The zero-order valence-corrected chi connectivity index (χ0v) is 15.0. The number of fused-ring (bicyclic) bond motifs is 1.